The highest BCUT2D eigenvalue weighted by molar-refractivity contribution is 6.34. The first kappa shape index (κ1) is 12.5. The molecule has 0 amide bonds. The normalized spacial score (nSPS) is 17.7. The molecule has 2 nitrogen and oxygen atoms in total. The maximum atomic E-state index is 9.23. The van der Waals surface area contributed by atoms with Crippen LogP contribution in [-0.4, -0.2) is 6.61 Å². The van der Waals surface area contributed by atoms with Crippen LogP contribution in [0.3, 0.4) is 0 Å². The summed E-state index contributed by atoms with van der Waals surface area (Å²) in [4.78, 5) is 0. The van der Waals surface area contributed by atoms with Gasteiger partial charge in [-0.1, -0.05) is 36.0 Å². The Hall–Kier alpha value is -0.910. The van der Waals surface area contributed by atoms with Crippen molar-refractivity contribution < 1.29 is 4.74 Å². The van der Waals surface area contributed by atoms with E-state index in [1.807, 2.05) is 0 Å². The van der Waals surface area contributed by atoms with E-state index >= 15 is 0 Å². The minimum atomic E-state index is -0.342. The maximum absolute atomic E-state index is 9.23. The van der Waals surface area contributed by atoms with Gasteiger partial charge in [0.05, 0.1) is 16.5 Å². The number of benzene rings is 1. The number of hydrogen-bond donors (Lipinski definition) is 0. The van der Waals surface area contributed by atoms with Crippen molar-refractivity contribution in [3.8, 4) is 11.8 Å². The van der Waals surface area contributed by atoms with E-state index in [0.717, 1.165) is 25.7 Å². The van der Waals surface area contributed by atoms with Gasteiger partial charge in [-0.25, -0.2) is 0 Å². The Labute approximate surface area is 111 Å². The van der Waals surface area contributed by atoms with Crippen LogP contribution in [0.2, 0.25) is 10.0 Å². The van der Waals surface area contributed by atoms with Gasteiger partial charge in [-0.2, -0.15) is 5.26 Å². The second-order valence-electron chi connectivity index (χ2n) is 4.46. The van der Waals surface area contributed by atoms with Gasteiger partial charge in [0.2, 0.25) is 0 Å². The Kier molecular flexibility index (Phi) is 3.81. The largest absolute Gasteiger partial charge is 0.490 e. The van der Waals surface area contributed by atoms with Crippen LogP contribution in [-0.2, 0) is 0 Å². The predicted molar refractivity (Wildman–Crippen MR) is 68.5 cm³/mol. The zero-order chi connectivity index (χ0) is 12.3. The number of rotatable bonds is 3. The second kappa shape index (κ2) is 5.16. The number of halogens is 2. The first-order valence-electron chi connectivity index (χ1n) is 5.64. The van der Waals surface area contributed by atoms with Gasteiger partial charge in [-0.15, -0.1) is 0 Å². The van der Waals surface area contributed by atoms with Crippen LogP contribution in [0.4, 0.5) is 0 Å². The quantitative estimate of drug-likeness (QED) is 0.812. The van der Waals surface area contributed by atoms with E-state index in [0.29, 0.717) is 22.4 Å². The second-order valence-corrected chi connectivity index (χ2v) is 5.31. The van der Waals surface area contributed by atoms with Crippen molar-refractivity contribution in [2.24, 2.45) is 5.41 Å². The lowest BCUT2D eigenvalue weighted by molar-refractivity contribution is 0.201. The fourth-order valence-corrected chi connectivity index (χ4v) is 2.48. The number of hydrogen-bond acceptors (Lipinski definition) is 2. The van der Waals surface area contributed by atoms with Crippen molar-refractivity contribution in [3.63, 3.8) is 0 Å². The fourth-order valence-electron chi connectivity index (χ4n) is 2.14. The predicted octanol–water partition coefficient (Wildman–Crippen LogP) is 4.46. The van der Waals surface area contributed by atoms with Gasteiger partial charge in [0.25, 0.3) is 0 Å². The molecule has 0 heterocycles. The standard InChI is InChI=1S/C13H13Cl2NO/c14-10-3-4-11(15)12(7-10)17-9-13(8-16)5-1-2-6-13/h3-4,7H,1-2,5-6,9H2. The molecule has 1 saturated carbocycles. The summed E-state index contributed by atoms with van der Waals surface area (Å²) < 4.78 is 5.66. The molecule has 0 saturated heterocycles. The van der Waals surface area contributed by atoms with Crippen molar-refractivity contribution in [2.45, 2.75) is 25.7 Å². The number of nitrogens with zero attached hydrogens (tertiary/aromatic N) is 1. The zero-order valence-corrected chi connectivity index (χ0v) is 10.9. The molecule has 1 fully saturated rings. The molecule has 0 atom stereocenters. The monoisotopic (exact) mass is 269 g/mol. The van der Waals surface area contributed by atoms with E-state index in [-0.39, 0.29) is 5.41 Å². The summed E-state index contributed by atoms with van der Waals surface area (Å²) in [5.74, 6) is 0.556. The molecule has 4 heteroatoms. The first-order chi connectivity index (χ1) is 8.15. The van der Waals surface area contributed by atoms with Crippen molar-refractivity contribution in [1.82, 2.24) is 0 Å². The van der Waals surface area contributed by atoms with E-state index < -0.39 is 0 Å². The van der Waals surface area contributed by atoms with E-state index in [4.69, 9.17) is 27.9 Å². The Morgan fingerprint density at radius 1 is 1.29 bits per heavy atom. The van der Waals surface area contributed by atoms with Crippen LogP contribution < -0.4 is 4.74 Å². The van der Waals surface area contributed by atoms with Crippen LogP contribution in [0.15, 0.2) is 18.2 Å². The molecule has 0 radical (unpaired) electrons. The Morgan fingerprint density at radius 3 is 2.65 bits per heavy atom. The highest BCUT2D eigenvalue weighted by Crippen LogP contribution is 2.38. The molecule has 0 aliphatic heterocycles. The highest BCUT2D eigenvalue weighted by Gasteiger charge is 2.35. The average Bonchev–Trinajstić information content (AvgIpc) is 2.80. The van der Waals surface area contributed by atoms with E-state index in [9.17, 15) is 5.26 Å². The van der Waals surface area contributed by atoms with Gasteiger partial charge in [0, 0.05) is 11.1 Å². The summed E-state index contributed by atoms with van der Waals surface area (Å²) in [6.45, 7) is 0.392. The highest BCUT2D eigenvalue weighted by atomic mass is 35.5. The van der Waals surface area contributed by atoms with Crippen molar-refractivity contribution in [2.75, 3.05) is 6.61 Å². The Balaban J connectivity index is 2.07. The Bertz CT molecular complexity index is 447. The summed E-state index contributed by atoms with van der Waals surface area (Å²) in [6, 6.07) is 7.48. The van der Waals surface area contributed by atoms with Crippen LogP contribution in [0, 0.1) is 16.7 Å². The summed E-state index contributed by atoms with van der Waals surface area (Å²) in [5, 5.41) is 10.3. The molecule has 0 unspecified atom stereocenters. The third-order valence-corrected chi connectivity index (χ3v) is 3.74. The first-order valence-corrected chi connectivity index (χ1v) is 6.40. The molecular weight excluding hydrogens is 257 g/mol. The van der Waals surface area contributed by atoms with Gasteiger partial charge in [-0.3, -0.25) is 0 Å². The lowest BCUT2D eigenvalue weighted by Gasteiger charge is -2.20. The summed E-state index contributed by atoms with van der Waals surface area (Å²) in [6.07, 6.45) is 4.00. The van der Waals surface area contributed by atoms with Crippen LogP contribution in [0.5, 0.6) is 5.75 Å². The molecule has 17 heavy (non-hydrogen) atoms. The summed E-state index contributed by atoms with van der Waals surface area (Å²) in [7, 11) is 0. The molecule has 0 N–H and O–H groups in total. The van der Waals surface area contributed by atoms with Crippen molar-refractivity contribution in [1.29, 1.82) is 5.26 Å². The van der Waals surface area contributed by atoms with Crippen molar-refractivity contribution >= 4 is 23.2 Å². The van der Waals surface area contributed by atoms with Crippen LogP contribution in [0.25, 0.3) is 0 Å². The lowest BCUT2D eigenvalue weighted by Crippen LogP contribution is -2.23. The molecule has 1 aliphatic rings. The zero-order valence-electron chi connectivity index (χ0n) is 9.38. The number of ether oxygens (including phenoxy) is 1. The molecule has 0 aromatic heterocycles. The van der Waals surface area contributed by atoms with Crippen LogP contribution in [0.1, 0.15) is 25.7 Å². The minimum absolute atomic E-state index is 0.342. The molecule has 1 aromatic carbocycles. The molecule has 90 valence electrons. The molecule has 2 rings (SSSR count). The third-order valence-electron chi connectivity index (χ3n) is 3.20. The van der Waals surface area contributed by atoms with Gasteiger partial charge in [0.1, 0.15) is 12.4 Å². The van der Waals surface area contributed by atoms with Gasteiger partial charge >= 0.3 is 0 Å². The van der Waals surface area contributed by atoms with Gasteiger partial charge in [-0.05, 0) is 25.0 Å². The van der Waals surface area contributed by atoms with Gasteiger partial charge in [0.15, 0.2) is 0 Å². The third kappa shape index (κ3) is 2.86. The SMILES string of the molecule is N#CC1(COc2cc(Cl)ccc2Cl)CCCC1. The molecule has 0 bridgehead atoms. The average molecular weight is 270 g/mol. The lowest BCUT2D eigenvalue weighted by atomic mass is 9.89. The van der Waals surface area contributed by atoms with Gasteiger partial charge < -0.3 is 4.74 Å². The summed E-state index contributed by atoms with van der Waals surface area (Å²) >= 11 is 11.9. The molecule has 1 aliphatic carbocycles. The molecular formula is C13H13Cl2NO. The van der Waals surface area contributed by atoms with Crippen molar-refractivity contribution in [3.05, 3.63) is 28.2 Å². The molecule has 1 aromatic rings. The maximum Gasteiger partial charge on any atom is 0.139 e. The summed E-state index contributed by atoms with van der Waals surface area (Å²) in [5.41, 5.74) is -0.342. The number of nitriles is 1. The smallest absolute Gasteiger partial charge is 0.139 e. The Morgan fingerprint density at radius 2 is 2.00 bits per heavy atom. The van der Waals surface area contributed by atoms with Crippen LogP contribution >= 0.6 is 23.2 Å². The fraction of sp³-hybridized carbons (Fsp3) is 0.462. The topological polar surface area (TPSA) is 33.0 Å². The van der Waals surface area contributed by atoms with E-state index in [1.54, 1.807) is 18.2 Å². The minimum Gasteiger partial charge on any atom is -0.490 e. The van der Waals surface area contributed by atoms with E-state index in [2.05, 4.69) is 6.07 Å². The molecule has 0 spiro atoms. The van der Waals surface area contributed by atoms with E-state index in [1.165, 1.54) is 0 Å².